The molecule has 4 nitrogen and oxygen atoms in total. The predicted octanol–water partition coefficient (Wildman–Crippen LogP) is 2.21. The summed E-state index contributed by atoms with van der Waals surface area (Å²) in [6.45, 7) is 6.13. The molecule has 2 N–H and O–H groups in total. The van der Waals surface area contributed by atoms with Crippen LogP contribution in [0.2, 0.25) is 0 Å². The first-order valence-electron chi connectivity index (χ1n) is 7.35. The van der Waals surface area contributed by atoms with E-state index in [0.717, 1.165) is 25.1 Å². The maximum atomic E-state index is 12.0. The number of aliphatic hydroxyl groups is 1. The molecule has 1 amide bonds. The highest BCUT2D eigenvalue weighted by molar-refractivity contribution is 5.92. The van der Waals surface area contributed by atoms with E-state index in [9.17, 15) is 9.90 Å². The molecular weight excluding hydrogens is 252 g/mol. The third-order valence-corrected chi connectivity index (χ3v) is 3.71. The van der Waals surface area contributed by atoms with E-state index in [1.54, 1.807) is 0 Å². The second-order valence-electron chi connectivity index (χ2n) is 5.86. The van der Waals surface area contributed by atoms with Crippen molar-refractivity contribution in [1.82, 2.24) is 4.90 Å². The summed E-state index contributed by atoms with van der Waals surface area (Å²) in [5.74, 6) is 0.478. The lowest BCUT2D eigenvalue weighted by molar-refractivity contribution is -0.118. The summed E-state index contributed by atoms with van der Waals surface area (Å²) in [5, 5.41) is 12.5. The second kappa shape index (κ2) is 6.86. The molecule has 4 heteroatoms. The largest absolute Gasteiger partial charge is 0.392 e. The number of β-amino-alcohol motifs (C(OH)–C–C–N with tert-alkyl or cyclic N) is 1. The van der Waals surface area contributed by atoms with Crippen molar-refractivity contribution in [2.45, 2.75) is 38.7 Å². The Morgan fingerprint density at radius 1 is 1.40 bits per heavy atom. The molecule has 1 saturated heterocycles. The SMILES string of the molecule is CC(C)c1ccc(NC(=O)CN2CCC[C@H](O)C2)cc1. The van der Waals surface area contributed by atoms with Crippen LogP contribution in [-0.4, -0.2) is 41.7 Å². The number of rotatable bonds is 4. The van der Waals surface area contributed by atoms with Crippen LogP contribution < -0.4 is 5.32 Å². The van der Waals surface area contributed by atoms with Gasteiger partial charge in [-0.15, -0.1) is 0 Å². The molecule has 0 aliphatic carbocycles. The van der Waals surface area contributed by atoms with Crippen LogP contribution in [0.1, 0.15) is 38.2 Å². The van der Waals surface area contributed by atoms with Gasteiger partial charge in [-0.05, 0) is 43.0 Å². The van der Waals surface area contributed by atoms with Gasteiger partial charge in [-0.3, -0.25) is 9.69 Å². The van der Waals surface area contributed by atoms with Crippen LogP contribution >= 0.6 is 0 Å². The van der Waals surface area contributed by atoms with E-state index >= 15 is 0 Å². The van der Waals surface area contributed by atoms with Gasteiger partial charge in [0, 0.05) is 12.2 Å². The van der Waals surface area contributed by atoms with Crippen LogP contribution in [0.3, 0.4) is 0 Å². The number of hydrogen-bond donors (Lipinski definition) is 2. The van der Waals surface area contributed by atoms with Crippen LogP contribution in [0.25, 0.3) is 0 Å². The van der Waals surface area contributed by atoms with Crippen molar-refractivity contribution < 1.29 is 9.90 Å². The molecule has 1 atom stereocenters. The number of likely N-dealkylation sites (tertiary alicyclic amines) is 1. The van der Waals surface area contributed by atoms with Crippen molar-refractivity contribution in [2.24, 2.45) is 0 Å². The van der Waals surface area contributed by atoms with Gasteiger partial charge in [0.25, 0.3) is 0 Å². The number of benzene rings is 1. The minimum absolute atomic E-state index is 0.0172. The number of nitrogens with zero attached hydrogens (tertiary/aromatic N) is 1. The first-order valence-corrected chi connectivity index (χ1v) is 7.35. The van der Waals surface area contributed by atoms with Crippen molar-refractivity contribution >= 4 is 11.6 Å². The van der Waals surface area contributed by atoms with Crippen molar-refractivity contribution in [1.29, 1.82) is 0 Å². The summed E-state index contributed by atoms with van der Waals surface area (Å²) in [5.41, 5.74) is 2.10. The molecular formula is C16H24N2O2. The number of nitrogens with one attached hydrogen (secondary N) is 1. The quantitative estimate of drug-likeness (QED) is 0.886. The first kappa shape index (κ1) is 15.0. The Hall–Kier alpha value is -1.39. The summed E-state index contributed by atoms with van der Waals surface area (Å²) in [6, 6.07) is 7.98. The van der Waals surface area contributed by atoms with Gasteiger partial charge in [-0.25, -0.2) is 0 Å². The van der Waals surface area contributed by atoms with Gasteiger partial charge in [0.15, 0.2) is 0 Å². The number of anilines is 1. The highest BCUT2D eigenvalue weighted by Gasteiger charge is 2.19. The summed E-state index contributed by atoms with van der Waals surface area (Å²) in [6.07, 6.45) is 1.51. The molecule has 1 aromatic rings. The summed E-state index contributed by atoms with van der Waals surface area (Å²) >= 11 is 0. The molecule has 1 aliphatic heterocycles. The van der Waals surface area contributed by atoms with Gasteiger partial charge in [-0.2, -0.15) is 0 Å². The van der Waals surface area contributed by atoms with Crippen LogP contribution in [0, 0.1) is 0 Å². The molecule has 1 fully saturated rings. The summed E-state index contributed by atoms with van der Waals surface area (Å²) in [4.78, 5) is 14.0. The fourth-order valence-electron chi connectivity index (χ4n) is 2.53. The molecule has 2 rings (SSSR count). The zero-order valence-corrected chi connectivity index (χ0v) is 12.3. The van der Waals surface area contributed by atoms with Gasteiger partial charge in [0.2, 0.25) is 5.91 Å². The molecule has 0 bridgehead atoms. The zero-order chi connectivity index (χ0) is 14.5. The van der Waals surface area contributed by atoms with E-state index in [1.165, 1.54) is 5.56 Å². The fraction of sp³-hybridized carbons (Fsp3) is 0.562. The average molecular weight is 276 g/mol. The van der Waals surface area contributed by atoms with E-state index in [1.807, 2.05) is 29.2 Å². The highest BCUT2D eigenvalue weighted by atomic mass is 16.3. The lowest BCUT2D eigenvalue weighted by atomic mass is 10.0. The van der Waals surface area contributed by atoms with Gasteiger partial charge in [0.1, 0.15) is 0 Å². The van der Waals surface area contributed by atoms with Gasteiger partial charge in [-0.1, -0.05) is 26.0 Å². The van der Waals surface area contributed by atoms with Crippen LogP contribution in [0.15, 0.2) is 24.3 Å². The lowest BCUT2D eigenvalue weighted by Gasteiger charge is -2.29. The monoisotopic (exact) mass is 276 g/mol. The van der Waals surface area contributed by atoms with Gasteiger partial charge in [0.05, 0.1) is 12.6 Å². The molecule has 1 aliphatic rings. The molecule has 1 heterocycles. The lowest BCUT2D eigenvalue weighted by Crippen LogP contribution is -2.42. The number of carbonyl (C=O) groups excluding carboxylic acids is 1. The van der Waals surface area contributed by atoms with Crippen molar-refractivity contribution in [3.05, 3.63) is 29.8 Å². The molecule has 0 aromatic heterocycles. The predicted molar refractivity (Wildman–Crippen MR) is 80.8 cm³/mol. The standard InChI is InChI=1S/C16H24N2O2/c1-12(2)13-5-7-14(8-6-13)17-16(20)11-18-9-3-4-15(19)10-18/h5-8,12,15,19H,3-4,9-11H2,1-2H3,(H,17,20)/t15-/m0/s1. The Balaban J connectivity index is 1.84. The number of aliphatic hydroxyl groups excluding tert-OH is 1. The molecule has 20 heavy (non-hydrogen) atoms. The molecule has 0 radical (unpaired) electrons. The summed E-state index contributed by atoms with van der Waals surface area (Å²) < 4.78 is 0. The Labute approximate surface area is 120 Å². The number of carbonyl (C=O) groups is 1. The Kier molecular flexibility index (Phi) is 5.15. The minimum atomic E-state index is -0.290. The minimum Gasteiger partial charge on any atom is -0.392 e. The normalized spacial score (nSPS) is 20.1. The fourth-order valence-corrected chi connectivity index (χ4v) is 2.53. The number of piperidine rings is 1. The van der Waals surface area contributed by atoms with E-state index in [-0.39, 0.29) is 12.0 Å². The number of amides is 1. The maximum absolute atomic E-state index is 12.0. The maximum Gasteiger partial charge on any atom is 0.238 e. The van der Waals surface area contributed by atoms with Crippen LogP contribution in [-0.2, 0) is 4.79 Å². The van der Waals surface area contributed by atoms with Crippen LogP contribution in [0.4, 0.5) is 5.69 Å². The van der Waals surface area contributed by atoms with Crippen molar-refractivity contribution in [3.8, 4) is 0 Å². The smallest absolute Gasteiger partial charge is 0.238 e. The van der Waals surface area contributed by atoms with Crippen molar-refractivity contribution in [2.75, 3.05) is 25.0 Å². The molecule has 0 saturated carbocycles. The van der Waals surface area contributed by atoms with E-state index in [4.69, 9.17) is 0 Å². The Morgan fingerprint density at radius 3 is 2.70 bits per heavy atom. The van der Waals surface area contributed by atoms with E-state index < -0.39 is 0 Å². The number of hydrogen-bond acceptors (Lipinski definition) is 3. The summed E-state index contributed by atoms with van der Waals surface area (Å²) in [7, 11) is 0. The van der Waals surface area contributed by atoms with Gasteiger partial charge < -0.3 is 10.4 Å². The topological polar surface area (TPSA) is 52.6 Å². The first-order chi connectivity index (χ1) is 9.54. The Bertz CT molecular complexity index is 442. The van der Waals surface area contributed by atoms with Crippen molar-refractivity contribution in [3.63, 3.8) is 0 Å². The zero-order valence-electron chi connectivity index (χ0n) is 12.3. The van der Waals surface area contributed by atoms with Gasteiger partial charge >= 0.3 is 0 Å². The van der Waals surface area contributed by atoms with Crippen LogP contribution in [0.5, 0.6) is 0 Å². The third kappa shape index (κ3) is 4.32. The molecule has 110 valence electrons. The average Bonchev–Trinajstić information content (AvgIpc) is 2.39. The second-order valence-corrected chi connectivity index (χ2v) is 5.86. The molecule has 1 aromatic carbocycles. The third-order valence-electron chi connectivity index (χ3n) is 3.71. The molecule has 0 unspecified atom stereocenters. The Morgan fingerprint density at radius 2 is 2.10 bits per heavy atom. The van der Waals surface area contributed by atoms with E-state index in [0.29, 0.717) is 19.0 Å². The van der Waals surface area contributed by atoms with E-state index in [2.05, 4.69) is 19.2 Å². The highest BCUT2D eigenvalue weighted by Crippen LogP contribution is 2.17. The molecule has 0 spiro atoms.